The molecule has 0 unspecified atom stereocenters. The van der Waals surface area contributed by atoms with E-state index in [0.29, 0.717) is 5.92 Å². The van der Waals surface area contributed by atoms with Gasteiger partial charge in [-0.25, -0.2) is 4.98 Å². The van der Waals surface area contributed by atoms with E-state index in [0.717, 1.165) is 23.3 Å². The smallest absolute Gasteiger partial charge is 0.243 e. The lowest BCUT2D eigenvalue weighted by Gasteiger charge is -2.22. The molecule has 2 atom stereocenters. The van der Waals surface area contributed by atoms with Gasteiger partial charge in [-0.2, -0.15) is 0 Å². The Morgan fingerprint density at radius 2 is 1.88 bits per heavy atom. The molecule has 0 aliphatic heterocycles. The Morgan fingerprint density at radius 3 is 2.54 bits per heavy atom. The first-order valence-corrected chi connectivity index (χ1v) is 8.42. The molecule has 3 aromatic rings. The van der Waals surface area contributed by atoms with Crippen LogP contribution >= 0.6 is 0 Å². The SMILES string of the molecule is CC(C)C[C@H](C(=O)N[C@@H](C)c1nc2ccccc2[nH]1)n1cccc1. The average molecular weight is 324 g/mol. The van der Waals surface area contributed by atoms with Gasteiger partial charge in [-0.15, -0.1) is 0 Å². The van der Waals surface area contributed by atoms with Gasteiger partial charge in [0.15, 0.2) is 0 Å². The van der Waals surface area contributed by atoms with E-state index in [1.54, 1.807) is 0 Å². The largest absolute Gasteiger partial charge is 0.345 e. The summed E-state index contributed by atoms with van der Waals surface area (Å²) >= 11 is 0. The van der Waals surface area contributed by atoms with Gasteiger partial charge in [0.1, 0.15) is 11.9 Å². The molecule has 0 aliphatic rings. The lowest BCUT2D eigenvalue weighted by molar-refractivity contribution is -0.125. The van der Waals surface area contributed by atoms with E-state index in [9.17, 15) is 4.79 Å². The van der Waals surface area contributed by atoms with Crippen molar-refractivity contribution in [3.8, 4) is 0 Å². The second-order valence-corrected chi connectivity index (χ2v) is 6.65. The molecule has 24 heavy (non-hydrogen) atoms. The summed E-state index contributed by atoms with van der Waals surface area (Å²) in [5, 5.41) is 3.10. The molecule has 0 bridgehead atoms. The molecule has 0 saturated heterocycles. The predicted molar refractivity (Wildman–Crippen MR) is 95.6 cm³/mol. The van der Waals surface area contributed by atoms with Crippen molar-refractivity contribution in [2.24, 2.45) is 5.92 Å². The van der Waals surface area contributed by atoms with Crippen molar-refractivity contribution in [1.82, 2.24) is 19.9 Å². The van der Waals surface area contributed by atoms with Crippen molar-refractivity contribution in [3.63, 3.8) is 0 Å². The van der Waals surface area contributed by atoms with Gasteiger partial charge >= 0.3 is 0 Å². The number of amides is 1. The number of aromatic amines is 1. The molecule has 3 rings (SSSR count). The molecule has 0 spiro atoms. The van der Waals surface area contributed by atoms with Crippen LogP contribution in [0.1, 0.15) is 45.1 Å². The highest BCUT2D eigenvalue weighted by molar-refractivity contribution is 5.81. The van der Waals surface area contributed by atoms with Crippen LogP contribution in [0, 0.1) is 5.92 Å². The third kappa shape index (κ3) is 3.50. The Bertz CT molecular complexity index is 771. The Hall–Kier alpha value is -2.56. The van der Waals surface area contributed by atoms with Crippen molar-refractivity contribution in [1.29, 1.82) is 0 Å². The summed E-state index contributed by atoms with van der Waals surface area (Å²) < 4.78 is 1.97. The summed E-state index contributed by atoms with van der Waals surface area (Å²) in [7, 11) is 0. The van der Waals surface area contributed by atoms with E-state index in [1.807, 2.05) is 60.3 Å². The molecule has 0 radical (unpaired) electrons. The van der Waals surface area contributed by atoms with E-state index >= 15 is 0 Å². The first-order valence-electron chi connectivity index (χ1n) is 8.42. The molecular weight excluding hydrogens is 300 g/mol. The minimum atomic E-state index is -0.202. The van der Waals surface area contributed by atoms with Crippen LogP contribution in [0.25, 0.3) is 11.0 Å². The second-order valence-electron chi connectivity index (χ2n) is 6.65. The number of nitrogens with zero attached hydrogens (tertiary/aromatic N) is 2. The number of imidazole rings is 1. The van der Waals surface area contributed by atoms with Crippen molar-refractivity contribution >= 4 is 16.9 Å². The Kier molecular flexibility index (Phi) is 4.69. The van der Waals surface area contributed by atoms with E-state index in [-0.39, 0.29) is 18.0 Å². The number of aromatic nitrogens is 3. The fraction of sp³-hybridized carbons (Fsp3) is 0.368. The number of carbonyl (C=O) groups is 1. The zero-order valence-corrected chi connectivity index (χ0v) is 14.4. The van der Waals surface area contributed by atoms with Crippen LogP contribution in [0.15, 0.2) is 48.8 Å². The lowest BCUT2D eigenvalue weighted by atomic mass is 10.0. The van der Waals surface area contributed by atoms with Gasteiger partial charge < -0.3 is 14.9 Å². The minimum Gasteiger partial charge on any atom is -0.345 e. The second kappa shape index (κ2) is 6.91. The maximum Gasteiger partial charge on any atom is 0.243 e. The molecule has 2 aromatic heterocycles. The first-order chi connectivity index (χ1) is 11.5. The standard InChI is InChI=1S/C19H24N4O/c1-13(2)12-17(23-10-6-7-11-23)19(24)20-14(3)18-21-15-8-4-5-9-16(15)22-18/h4-11,13-14,17H,12H2,1-3H3,(H,20,24)(H,21,22)/t14-,17+/m0/s1. The van der Waals surface area contributed by atoms with Crippen LogP contribution in [-0.2, 0) is 4.79 Å². The number of fused-ring (bicyclic) bond motifs is 1. The summed E-state index contributed by atoms with van der Waals surface area (Å²) in [6.07, 6.45) is 4.68. The first kappa shape index (κ1) is 16.3. The number of para-hydroxylation sites is 2. The highest BCUT2D eigenvalue weighted by Crippen LogP contribution is 2.21. The Labute approximate surface area is 142 Å². The molecule has 2 N–H and O–H groups in total. The molecule has 0 fully saturated rings. The van der Waals surface area contributed by atoms with Crippen LogP contribution in [0.3, 0.4) is 0 Å². The molecule has 1 aromatic carbocycles. The van der Waals surface area contributed by atoms with Crippen LogP contribution in [-0.4, -0.2) is 20.4 Å². The molecule has 126 valence electrons. The number of nitrogens with one attached hydrogen (secondary N) is 2. The quantitative estimate of drug-likeness (QED) is 0.724. The zero-order chi connectivity index (χ0) is 17.1. The molecule has 0 aliphatic carbocycles. The highest BCUT2D eigenvalue weighted by Gasteiger charge is 2.23. The van der Waals surface area contributed by atoms with Crippen LogP contribution in [0.4, 0.5) is 0 Å². The van der Waals surface area contributed by atoms with Crippen LogP contribution in [0.5, 0.6) is 0 Å². The summed E-state index contributed by atoms with van der Waals surface area (Å²) in [4.78, 5) is 20.7. The molecular formula is C19H24N4O. The van der Waals surface area contributed by atoms with Gasteiger partial charge in [0.25, 0.3) is 0 Å². The zero-order valence-electron chi connectivity index (χ0n) is 14.4. The van der Waals surface area contributed by atoms with Gasteiger partial charge in [-0.1, -0.05) is 26.0 Å². The summed E-state index contributed by atoms with van der Waals surface area (Å²) in [5.74, 6) is 1.23. The predicted octanol–water partition coefficient (Wildman–Crippen LogP) is 3.83. The monoisotopic (exact) mass is 324 g/mol. The maximum atomic E-state index is 12.8. The van der Waals surface area contributed by atoms with E-state index in [1.165, 1.54) is 0 Å². The van der Waals surface area contributed by atoms with Crippen LogP contribution < -0.4 is 5.32 Å². The van der Waals surface area contributed by atoms with E-state index < -0.39 is 0 Å². The normalized spacial score (nSPS) is 14.0. The third-order valence-electron chi connectivity index (χ3n) is 4.16. The average Bonchev–Trinajstić information content (AvgIpc) is 3.21. The van der Waals surface area contributed by atoms with Gasteiger partial charge in [-0.3, -0.25) is 4.79 Å². The van der Waals surface area contributed by atoms with Crippen molar-refractivity contribution in [3.05, 3.63) is 54.6 Å². The molecule has 5 nitrogen and oxygen atoms in total. The minimum absolute atomic E-state index is 0.0212. The summed E-state index contributed by atoms with van der Waals surface area (Å²) in [6.45, 7) is 6.22. The Morgan fingerprint density at radius 1 is 1.17 bits per heavy atom. The fourth-order valence-electron chi connectivity index (χ4n) is 2.92. The van der Waals surface area contributed by atoms with Gasteiger partial charge in [0.2, 0.25) is 5.91 Å². The number of hydrogen-bond donors (Lipinski definition) is 2. The van der Waals surface area contributed by atoms with Crippen molar-refractivity contribution in [2.75, 3.05) is 0 Å². The van der Waals surface area contributed by atoms with Crippen LogP contribution in [0.2, 0.25) is 0 Å². The van der Waals surface area contributed by atoms with Crippen molar-refractivity contribution < 1.29 is 4.79 Å². The highest BCUT2D eigenvalue weighted by atomic mass is 16.2. The lowest BCUT2D eigenvalue weighted by Crippen LogP contribution is -2.35. The van der Waals surface area contributed by atoms with E-state index in [2.05, 4.69) is 29.1 Å². The number of H-pyrrole nitrogens is 1. The van der Waals surface area contributed by atoms with Gasteiger partial charge in [0.05, 0.1) is 17.1 Å². The van der Waals surface area contributed by atoms with Gasteiger partial charge in [0, 0.05) is 12.4 Å². The maximum absolute atomic E-state index is 12.8. The fourth-order valence-corrected chi connectivity index (χ4v) is 2.92. The molecule has 0 saturated carbocycles. The van der Waals surface area contributed by atoms with E-state index in [4.69, 9.17) is 0 Å². The van der Waals surface area contributed by atoms with Crippen molar-refractivity contribution in [2.45, 2.75) is 39.3 Å². The summed E-state index contributed by atoms with van der Waals surface area (Å²) in [6, 6.07) is 11.4. The van der Waals surface area contributed by atoms with Gasteiger partial charge in [-0.05, 0) is 43.5 Å². The number of rotatable bonds is 6. The molecule has 5 heteroatoms. The molecule has 1 amide bonds. The number of hydrogen-bond acceptors (Lipinski definition) is 2. The third-order valence-corrected chi connectivity index (χ3v) is 4.16. The summed E-state index contributed by atoms with van der Waals surface area (Å²) in [5.41, 5.74) is 1.90. The molecule has 2 heterocycles. The Balaban J connectivity index is 1.76. The number of carbonyl (C=O) groups excluding carboxylic acids is 1. The number of benzene rings is 1. The topological polar surface area (TPSA) is 62.7 Å².